The van der Waals surface area contributed by atoms with Crippen LogP contribution in [0, 0.1) is 6.92 Å². The van der Waals surface area contributed by atoms with Gasteiger partial charge >= 0.3 is 0 Å². The number of hydrogen-bond donors (Lipinski definition) is 2. The zero-order valence-electron chi connectivity index (χ0n) is 22.1. The summed E-state index contributed by atoms with van der Waals surface area (Å²) >= 11 is 0. The maximum absolute atomic E-state index is 13.2. The zero-order chi connectivity index (χ0) is 26.6. The molecule has 1 aromatic heterocycles. The van der Waals surface area contributed by atoms with E-state index in [1.54, 1.807) is 32.5 Å². The van der Waals surface area contributed by atoms with Gasteiger partial charge in [0.15, 0.2) is 11.5 Å². The number of rotatable bonds is 8. The summed E-state index contributed by atoms with van der Waals surface area (Å²) < 4.78 is 10.8. The van der Waals surface area contributed by atoms with E-state index in [1.165, 1.54) is 0 Å². The van der Waals surface area contributed by atoms with Crippen LogP contribution in [0.5, 0.6) is 11.5 Å². The molecule has 2 saturated heterocycles. The first-order valence-electron chi connectivity index (χ1n) is 13.1. The Bertz CT molecular complexity index is 1280. The number of anilines is 1. The molecule has 1 unspecified atom stereocenters. The summed E-state index contributed by atoms with van der Waals surface area (Å²) in [5.74, 6) is 1.85. The molecule has 3 atom stereocenters. The van der Waals surface area contributed by atoms with Crippen LogP contribution in [-0.2, 0) is 6.54 Å². The second-order valence-electron chi connectivity index (χ2n) is 9.98. The first-order chi connectivity index (χ1) is 18.5. The number of aromatic nitrogens is 1. The fraction of sp³-hybridized carbons (Fsp3) is 0.367. The van der Waals surface area contributed by atoms with Crippen molar-refractivity contribution >= 4 is 17.6 Å². The van der Waals surface area contributed by atoms with Gasteiger partial charge in [0.05, 0.1) is 19.8 Å². The Hall–Kier alpha value is -4.07. The molecular formula is C30H34N4O4. The fourth-order valence-electron chi connectivity index (χ4n) is 5.81. The molecule has 0 aliphatic carbocycles. The van der Waals surface area contributed by atoms with Gasteiger partial charge in [-0.05, 0) is 62.4 Å². The molecule has 0 radical (unpaired) electrons. The van der Waals surface area contributed by atoms with Gasteiger partial charge in [0.2, 0.25) is 0 Å². The number of ether oxygens (including phenoxy) is 2. The van der Waals surface area contributed by atoms with Crippen molar-refractivity contribution < 1.29 is 19.1 Å². The number of nitrogens with one attached hydrogen (secondary N) is 2. The highest BCUT2D eigenvalue weighted by Crippen LogP contribution is 2.39. The second kappa shape index (κ2) is 11.1. The highest BCUT2D eigenvalue weighted by Gasteiger charge is 2.42. The number of amides is 2. The topological polar surface area (TPSA) is 92.8 Å². The third-order valence-electron chi connectivity index (χ3n) is 7.68. The Labute approximate surface area is 223 Å². The van der Waals surface area contributed by atoms with Gasteiger partial charge in [0.25, 0.3) is 11.8 Å². The van der Waals surface area contributed by atoms with Gasteiger partial charge in [-0.25, -0.2) is 4.98 Å². The number of carbonyl (C=O) groups excluding carboxylic acids is 2. The van der Waals surface area contributed by atoms with E-state index in [0.717, 1.165) is 42.6 Å². The number of methoxy groups -OCH3 is 2. The summed E-state index contributed by atoms with van der Waals surface area (Å²) in [6.45, 7) is 2.35. The molecule has 2 aromatic carbocycles. The van der Waals surface area contributed by atoms with Crippen LogP contribution in [0.3, 0.4) is 0 Å². The molecule has 8 nitrogen and oxygen atoms in total. The van der Waals surface area contributed by atoms with E-state index in [9.17, 15) is 9.59 Å². The van der Waals surface area contributed by atoms with Crippen molar-refractivity contribution in [2.24, 2.45) is 0 Å². The smallest absolute Gasteiger partial charge is 0.253 e. The van der Waals surface area contributed by atoms with Crippen LogP contribution in [0.2, 0.25) is 0 Å². The summed E-state index contributed by atoms with van der Waals surface area (Å²) in [5, 5.41) is 6.21. The van der Waals surface area contributed by atoms with Crippen LogP contribution >= 0.6 is 0 Å². The number of carbonyl (C=O) groups is 2. The molecule has 3 heterocycles. The molecule has 2 fully saturated rings. The van der Waals surface area contributed by atoms with Gasteiger partial charge in [-0.1, -0.05) is 30.3 Å². The summed E-state index contributed by atoms with van der Waals surface area (Å²) in [4.78, 5) is 32.8. The molecule has 2 aliphatic rings. The fourth-order valence-corrected chi connectivity index (χ4v) is 5.81. The molecule has 2 N–H and O–H groups in total. The Morgan fingerprint density at radius 3 is 2.32 bits per heavy atom. The van der Waals surface area contributed by atoms with E-state index < -0.39 is 0 Å². The largest absolute Gasteiger partial charge is 0.493 e. The lowest BCUT2D eigenvalue weighted by Gasteiger charge is -2.40. The molecule has 38 heavy (non-hydrogen) atoms. The summed E-state index contributed by atoms with van der Waals surface area (Å²) in [5.41, 5.74) is 2.96. The van der Waals surface area contributed by atoms with Crippen LogP contribution < -0.4 is 25.0 Å². The van der Waals surface area contributed by atoms with Crippen molar-refractivity contribution in [1.82, 2.24) is 15.6 Å². The number of hydrogen-bond acceptors (Lipinski definition) is 6. The predicted molar refractivity (Wildman–Crippen MR) is 146 cm³/mol. The Morgan fingerprint density at radius 2 is 1.68 bits per heavy atom. The van der Waals surface area contributed by atoms with E-state index in [4.69, 9.17) is 9.47 Å². The van der Waals surface area contributed by atoms with Crippen molar-refractivity contribution in [3.8, 4) is 11.5 Å². The molecule has 198 valence electrons. The third-order valence-corrected chi connectivity index (χ3v) is 7.68. The first kappa shape index (κ1) is 25.6. The Kier molecular flexibility index (Phi) is 7.49. The predicted octanol–water partition coefficient (Wildman–Crippen LogP) is 4.27. The normalized spacial score (nSPS) is 20.1. The van der Waals surface area contributed by atoms with Crippen molar-refractivity contribution in [2.75, 3.05) is 19.1 Å². The van der Waals surface area contributed by atoms with Crippen molar-refractivity contribution in [3.63, 3.8) is 0 Å². The number of fused-ring (bicyclic) bond motifs is 2. The molecule has 2 amide bonds. The standard InChI is InChI=1S/C30H34N4O4/c1-19-25(12-13-26(37-2)28(19)38-3)30(36)33-22-15-23-10-11-24(16-22)34(23)27-14-9-21(18-31-27)29(35)32-17-20-7-5-4-6-8-20/h4-9,12-14,18,22-24H,10-11,15-17H2,1-3H3,(H,32,35)(H,33,36)/t22?,23-,24+. The van der Waals surface area contributed by atoms with Gasteiger partial charge in [-0.15, -0.1) is 0 Å². The number of nitrogens with zero attached hydrogens (tertiary/aromatic N) is 2. The molecule has 0 saturated carbocycles. The van der Waals surface area contributed by atoms with E-state index in [0.29, 0.717) is 41.3 Å². The minimum Gasteiger partial charge on any atom is -0.493 e. The highest BCUT2D eigenvalue weighted by molar-refractivity contribution is 5.97. The van der Waals surface area contributed by atoms with Crippen molar-refractivity contribution in [1.29, 1.82) is 0 Å². The average Bonchev–Trinajstić information content (AvgIpc) is 3.21. The molecule has 2 aliphatic heterocycles. The summed E-state index contributed by atoms with van der Waals surface area (Å²) in [7, 11) is 3.17. The molecule has 8 heteroatoms. The van der Waals surface area contributed by atoms with E-state index >= 15 is 0 Å². The Balaban J connectivity index is 1.20. The van der Waals surface area contributed by atoms with Crippen LogP contribution in [0.1, 0.15) is 57.5 Å². The minimum absolute atomic E-state index is 0.0896. The van der Waals surface area contributed by atoms with Gasteiger partial charge in [0, 0.05) is 42.0 Å². The van der Waals surface area contributed by atoms with Crippen molar-refractivity contribution in [3.05, 3.63) is 83.0 Å². The monoisotopic (exact) mass is 514 g/mol. The maximum Gasteiger partial charge on any atom is 0.253 e. The molecule has 3 aromatic rings. The molecule has 0 spiro atoms. The van der Waals surface area contributed by atoms with Gasteiger partial charge in [-0.3, -0.25) is 9.59 Å². The SMILES string of the molecule is COc1ccc(C(=O)NC2C[C@H]3CC[C@@H](C2)N3c2ccc(C(=O)NCc3ccccc3)cn2)c(C)c1OC. The van der Waals surface area contributed by atoms with Crippen LogP contribution in [0.25, 0.3) is 0 Å². The summed E-state index contributed by atoms with van der Waals surface area (Å²) in [6, 6.07) is 17.9. The first-order valence-corrected chi connectivity index (χ1v) is 13.1. The maximum atomic E-state index is 13.2. The number of piperidine rings is 1. The third kappa shape index (κ3) is 5.16. The molecular weight excluding hydrogens is 480 g/mol. The van der Waals surface area contributed by atoms with Gasteiger partial charge in [0.1, 0.15) is 5.82 Å². The van der Waals surface area contributed by atoms with Gasteiger partial charge in [-0.2, -0.15) is 0 Å². The average molecular weight is 515 g/mol. The van der Waals surface area contributed by atoms with Crippen molar-refractivity contribution in [2.45, 2.75) is 57.3 Å². The minimum atomic E-state index is -0.136. The number of benzene rings is 2. The van der Waals surface area contributed by atoms with E-state index in [1.807, 2.05) is 49.4 Å². The lowest BCUT2D eigenvalue weighted by atomic mass is 9.96. The Morgan fingerprint density at radius 1 is 0.947 bits per heavy atom. The second-order valence-corrected chi connectivity index (χ2v) is 9.98. The lowest BCUT2D eigenvalue weighted by molar-refractivity contribution is 0.0923. The number of pyridine rings is 1. The van der Waals surface area contributed by atoms with E-state index in [2.05, 4.69) is 20.5 Å². The van der Waals surface area contributed by atoms with Gasteiger partial charge < -0.3 is 25.0 Å². The molecule has 5 rings (SSSR count). The van der Waals surface area contributed by atoms with E-state index in [-0.39, 0.29) is 17.9 Å². The quantitative estimate of drug-likeness (QED) is 0.467. The highest BCUT2D eigenvalue weighted by atomic mass is 16.5. The zero-order valence-corrected chi connectivity index (χ0v) is 22.1. The van der Waals surface area contributed by atoms with Crippen LogP contribution in [-0.4, -0.2) is 49.1 Å². The lowest BCUT2D eigenvalue weighted by Crippen LogP contribution is -2.50. The van der Waals surface area contributed by atoms with Crippen LogP contribution in [0.15, 0.2) is 60.8 Å². The summed E-state index contributed by atoms with van der Waals surface area (Å²) in [6.07, 6.45) is 5.49. The van der Waals surface area contributed by atoms with Crippen LogP contribution in [0.4, 0.5) is 5.82 Å². The molecule has 2 bridgehead atoms.